The van der Waals surface area contributed by atoms with Crippen molar-refractivity contribution in [3.8, 4) is 0 Å². The van der Waals surface area contributed by atoms with Crippen molar-refractivity contribution in [1.82, 2.24) is 15.0 Å². The largest absolute Gasteiger partial charge is 0.291 e. The van der Waals surface area contributed by atoms with Crippen LogP contribution in [-0.4, -0.2) is 27.8 Å². The molecule has 1 heterocycles. The molecule has 0 radical (unpaired) electrons. The number of rotatable bonds is 9. The molecular weight excluding hydrogens is 398 g/mol. The van der Waals surface area contributed by atoms with Gasteiger partial charge in [0.05, 0.1) is 6.61 Å². The molecule has 0 saturated carbocycles. The Hall–Kier alpha value is -2.12. The first-order valence-corrected chi connectivity index (χ1v) is 11.3. The van der Waals surface area contributed by atoms with Crippen LogP contribution >= 0.6 is 11.8 Å². The van der Waals surface area contributed by atoms with Gasteiger partial charge in [-0.2, -0.15) is 0 Å². The lowest BCUT2D eigenvalue weighted by atomic mass is 9.86. The van der Waals surface area contributed by atoms with Gasteiger partial charge in [0.15, 0.2) is 5.16 Å². The first kappa shape index (κ1) is 24.2. The maximum absolute atomic E-state index is 12.9. The highest BCUT2D eigenvalue weighted by molar-refractivity contribution is 7.99. The van der Waals surface area contributed by atoms with E-state index in [4.69, 9.17) is 4.84 Å². The SMILES string of the molecule is CCONC(=O)CCCSc1nc(C)c(Cc2ccc(C(C)(C)C)cc2)c(=O)n1C. The highest BCUT2D eigenvalue weighted by Crippen LogP contribution is 2.23. The molecule has 0 spiro atoms. The smallest absolute Gasteiger partial charge is 0.257 e. The van der Waals surface area contributed by atoms with E-state index >= 15 is 0 Å². The summed E-state index contributed by atoms with van der Waals surface area (Å²) in [7, 11) is 1.76. The summed E-state index contributed by atoms with van der Waals surface area (Å²) in [6, 6.07) is 8.45. The Morgan fingerprint density at radius 3 is 2.50 bits per heavy atom. The van der Waals surface area contributed by atoms with Gasteiger partial charge < -0.3 is 0 Å². The lowest BCUT2D eigenvalue weighted by Gasteiger charge is -2.19. The summed E-state index contributed by atoms with van der Waals surface area (Å²) in [5, 5.41) is 0.676. The molecule has 2 rings (SSSR count). The van der Waals surface area contributed by atoms with Gasteiger partial charge in [-0.05, 0) is 36.8 Å². The van der Waals surface area contributed by atoms with Crippen LogP contribution in [0.3, 0.4) is 0 Å². The Morgan fingerprint density at radius 2 is 1.90 bits per heavy atom. The number of aromatic nitrogens is 2. The third kappa shape index (κ3) is 6.71. The maximum Gasteiger partial charge on any atom is 0.257 e. The molecule has 0 atom stereocenters. The van der Waals surface area contributed by atoms with Gasteiger partial charge in [-0.1, -0.05) is 56.8 Å². The van der Waals surface area contributed by atoms with Crippen molar-refractivity contribution in [3.63, 3.8) is 0 Å². The molecule has 6 nitrogen and oxygen atoms in total. The molecule has 0 aliphatic carbocycles. The van der Waals surface area contributed by atoms with Crippen LogP contribution in [0, 0.1) is 6.92 Å². The minimum Gasteiger partial charge on any atom is -0.291 e. The summed E-state index contributed by atoms with van der Waals surface area (Å²) < 4.78 is 1.61. The zero-order valence-corrected chi connectivity index (χ0v) is 19.7. The van der Waals surface area contributed by atoms with Crippen molar-refractivity contribution in [2.45, 2.75) is 64.5 Å². The van der Waals surface area contributed by atoms with Crippen molar-refractivity contribution >= 4 is 17.7 Å². The van der Waals surface area contributed by atoms with Gasteiger partial charge in [-0.15, -0.1) is 0 Å². The van der Waals surface area contributed by atoms with Crippen molar-refractivity contribution < 1.29 is 9.63 Å². The van der Waals surface area contributed by atoms with Crippen molar-refractivity contribution in [2.24, 2.45) is 7.05 Å². The second-order valence-corrected chi connectivity index (χ2v) is 9.42. The normalized spacial score (nSPS) is 11.5. The number of amides is 1. The molecule has 1 aromatic heterocycles. The van der Waals surface area contributed by atoms with E-state index in [2.05, 4.69) is 55.5 Å². The molecule has 0 unspecified atom stereocenters. The molecule has 0 aliphatic rings. The maximum atomic E-state index is 12.9. The van der Waals surface area contributed by atoms with Gasteiger partial charge in [0.2, 0.25) is 5.91 Å². The molecule has 1 aromatic carbocycles. The molecule has 164 valence electrons. The Morgan fingerprint density at radius 1 is 1.23 bits per heavy atom. The standard InChI is InChI=1S/C23H33N3O3S/c1-7-29-25-20(27)9-8-14-30-22-24-16(2)19(21(28)26(22)6)15-17-10-12-18(13-11-17)23(3,4)5/h10-13H,7-9,14-15H2,1-6H3,(H,25,27). The molecule has 0 bridgehead atoms. The molecule has 30 heavy (non-hydrogen) atoms. The Bertz CT molecular complexity index is 915. The number of carbonyl (C=O) groups is 1. The summed E-state index contributed by atoms with van der Waals surface area (Å²) in [4.78, 5) is 34.0. The van der Waals surface area contributed by atoms with Crippen LogP contribution in [0.4, 0.5) is 0 Å². The van der Waals surface area contributed by atoms with Gasteiger partial charge >= 0.3 is 0 Å². The number of hydroxylamine groups is 1. The van der Waals surface area contributed by atoms with Crippen LogP contribution in [0.5, 0.6) is 0 Å². The van der Waals surface area contributed by atoms with Crippen LogP contribution in [0.2, 0.25) is 0 Å². The van der Waals surface area contributed by atoms with E-state index < -0.39 is 0 Å². The van der Waals surface area contributed by atoms with Crippen LogP contribution in [0.1, 0.15) is 62.9 Å². The molecule has 7 heteroatoms. The van der Waals surface area contributed by atoms with Crippen LogP contribution in [0.15, 0.2) is 34.2 Å². The molecule has 1 N–H and O–H groups in total. The molecular formula is C23H33N3O3S. The van der Waals surface area contributed by atoms with Gasteiger partial charge in [-0.3, -0.25) is 19.0 Å². The quantitative estimate of drug-likeness (QED) is 0.282. The minimum absolute atomic E-state index is 0.0148. The molecule has 1 amide bonds. The zero-order valence-electron chi connectivity index (χ0n) is 18.9. The number of hydrogen-bond acceptors (Lipinski definition) is 5. The Labute approximate surface area is 183 Å². The number of benzene rings is 1. The zero-order chi connectivity index (χ0) is 22.3. The van der Waals surface area contributed by atoms with E-state index in [1.807, 2.05) is 13.8 Å². The highest BCUT2D eigenvalue weighted by Gasteiger charge is 2.15. The summed E-state index contributed by atoms with van der Waals surface area (Å²) >= 11 is 1.49. The fourth-order valence-corrected chi connectivity index (χ4v) is 3.94. The molecule has 0 fully saturated rings. The Balaban J connectivity index is 2.04. The number of aryl methyl sites for hydroxylation is 1. The van der Waals surface area contributed by atoms with Crippen molar-refractivity contribution in [3.05, 3.63) is 57.0 Å². The number of nitrogens with one attached hydrogen (secondary N) is 1. The molecule has 0 saturated heterocycles. The molecule has 0 aliphatic heterocycles. The van der Waals surface area contributed by atoms with E-state index in [0.29, 0.717) is 36.8 Å². The van der Waals surface area contributed by atoms with Crippen LogP contribution in [-0.2, 0) is 28.5 Å². The third-order valence-corrected chi connectivity index (χ3v) is 5.98. The predicted octanol–water partition coefficient (Wildman–Crippen LogP) is 3.92. The summed E-state index contributed by atoms with van der Waals surface area (Å²) in [6.07, 6.45) is 1.63. The third-order valence-electron chi connectivity index (χ3n) is 4.86. The second kappa shape index (κ2) is 10.8. The van der Waals surface area contributed by atoms with Crippen LogP contribution in [0.25, 0.3) is 0 Å². The average molecular weight is 432 g/mol. The van der Waals surface area contributed by atoms with Gasteiger partial charge in [0, 0.05) is 36.9 Å². The summed E-state index contributed by atoms with van der Waals surface area (Å²) in [6.45, 7) is 10.7. The monoisotopic (exact) mass is 431 g/mol. The van der Waals surface area contributed by atoms with E-state index in [-0.39, 0.29) is 16.9 Å². The fraction of sp³-hybridized carbons (Fsp3) is 0.522. The number of nitrogens with zero attached hydrogens (tertiary/aromatic N) is 2. The number of hydrogen-bond donors (Lipinski definition) is 1. The second-order valence-electron chi connectivity index (χ2n) is 8.36. The van der Waals surface area contributed by atoms with Crippen molar-refractivity contribution in [2.75, 3.05) is 12.4 Å². The van der Waals surface area contributed by atoms with E-state index in [9.17, 15) is 9.59 Å². The van der Waals surface area contributed by atoms with Crippen molar-refractivity contribution in [1.29, 1.82) is 0 Å². The molecule has 2 aromatic rings. The topological polar surface area (TPSA) is 73.2 Å². The van der Waals surface area contributed by atoms with Crippen LogP contribution < -0.4 is 11.0 Å². The first-order chi connectivity index (χ1) is 14.1. The van der Waals surface area contributed by atoms with Gasteiger partial charge in [0.25, 0.3) is 5.56 Å². The first-order valence-electron chi connectivity index (χ1n) is 10.3. The fourth-order valence-electron chi connectivity index (χ4n) is 2.99. The average Bonchev–Trinajstić information content (AvgIpc) is 2.70. The minimum atomic E-state index is -0.136. The lowest BCUT2D eigenvalue weighted by Crippen LogP contribution is -2.26. The number of carbonyl (C=O) groups excluding carboxylic acids is 1. The van der Waals surface area contributed by atoms with E-state index in [0.717, 1.165) is 16.8 Å². The van der Waals surface area contributed by atoms with Gasteiger partial charge in [0.1, 0.15) is 0 Å². The van der Waals surface area contributed by atoms with E-state index in [1.165, 1.54) is 17.3 Å². The number of thioether (sulfide) groups is 1. The summed E-state index contributed by atoms with van der Waals surface area (Å²) in [5.74, 6) is 0.565. The highest BCUT2D eigenvalue weighted by atomic mass is 32.2. The lowest BCUT2D eigenvalue weighted by molar-refractivity contribution is -0.133. The summed E-state index contributed by atoms with van der Waals surface area (Å²) in [5.41, 5.74) is 6.33. The predicted molar refractivity (Wildman–Crippen MR) is 122 cm³/mol. The van der Waals surface area contributed by atoms with Gasteiger partial charge in [-0.25, -0.2) is 10.5 Å². The van der Waals surface area contributed by atoms with E-state index in [1.54, 1.807) is 11.6 Å². The Kier molecular flexibility index (Phi) is 8.67.